The van der Waals surface area contributed by atoms with E-state index in [0.717, 1.165) is 0 Å². The summed E-state index contributed by atoms with van der Waals surface area (Å²) in [6.45, 7) is 5.58. The van der Waals surface area contributed by atoms with Crippen molar-refractivity contribution < 1.29 is 9.53 Å². The van der Waals surface area contributed by atoms with Crippen LogP contribution in [0.1, 0.15) is 28.5 Å². The number of halogens is 1. The molecule has 1 atom stereocenters. The first-order valence-corrected chi connectivity index (χ1v) is 7.92. The van der Waals surface area contributed by atoms with Gasteiger partial charge in [0.15, 0.2) is 0 Å². The molecule has 0 saturated heterocycles. The van der Waals surface area contributed by atoms with Crippen LogP contribution in [-0.2, 0) is 7.05 Å². The van der Waals surface area contributed by atoms with Gasteiger partial charge in [0.05, 0.1) is 12.2 Å². The minimum absolute atomic E-state index is 0.115. The SMILES string of the molecule is Cc1nn(C)c(=O)c(C(=O)NC[C@@H](C)Oc2ccc(Cl)cc2)c1C. The minimum Gasteiger partial charge on any atom is -0.489 e. The third kappa shape index (κ3) is 4.14. The Kier molecular flexibility index (Phi) is 5.62. The Labute approximate surface area is 145 Å². The summed E-state index contributed by atoms with van der Waals surface area (Å²) in [6, 6.07) is 6.98. The molecule has 7 heteroatoms. The number of nitrogens with zero attached hydrogens (tertiary/aromatic N) is 2. The third-order valence-corrected chi connectivity index (χ3v) is 3.91. The van der Waals surface area contributed by atoms with E-state index in [4.69, 9.17) is 16.3 Å². The second kappa shape index (κ2) is 7.49. The van der Waals surface area contributed by atoms with Crippen molar-refractivity contribution in [2.45, 2.75) is 26.9 Å². The van der Waals surface area contributed by atoms with Gasteiger partial charge in [0, 0.05) is 12.1 Å². The maximum atomic E-state index is 12.4. The quantitative estimate of drug-likeness (QED) is 0.898. The largest absolute Gasteiger partial charge is 0.489 e. The van der Waals surface area contributed by atoms with E-state index in [9.17, 15) is 9.59 Å². The highest BCUT2D eigenvalue weighted by Gasteiger charge is 2.18. The lowest BCUT2D eigenvalue weighted by Gasteiger charge is -2.16. The van der Waals surface area contributed by atoms with Crippen molar-refractivity contribution in [2.24, 2.45) is 7.05 Å². The first-order chi connectivity index (χ1) is 11.3. The van der Waals surface area contributed by atoms with Gasteiger partial charge in [-0.25, -0.2) is 4.68 Å². The van der Waals surface area contributed by atoms with Crippen LogP contribution in [0.3, 0.4) is 0 Å². The number of ether oxygens (including phenoxy) is 1. The Morgan fingerprint density at radius 1 is 1.33 bits per heavy atom. The van der Waals surface area contributed by atoms with Crippen molar-refractivity contribution in [3.8, 4) is 5.75 Å². The molecule has 0 aliphatic heterocycles. The van der Waals surface area contributed by atoms with Crippen LogP contribution in [0, 0.1) is 13.8 Å². The number of amides is 1. The van der Waals surface area contributed by atoms with Crippen LogP contribution in [0.4, 0.5) is 0 Å². The van der Waals surface area contributed by atoms with Crippen LogP contribution >= 0.6 is 11.6 Å². The molecule has 2 rings (SSSR count). The highest BCUT2D eigenvalue weighted by molar-refractivity contribution is 6.30. The number of hydrogen-bond donors (Lipinski definition) is 1. The van der Waals surface area contributed by atoms with Crippen molar-refractivity contribution >= 4 is 17.5 Å². The van der Waals surface area contributed by atoms with Gasteiger partial charge in [0.1, 0.15) is 17.4 Å². The topological polar surface area (TPSA) is 73.2 Å². The monoisotopic (exact) mass is 349 g/mol. The van der Waals surface area contributed by atoms with Crippen molar-refractivity contribution in [2.75, 3.05) is 6.54 Å². The predicted molar refractivity (Wildman–Crippen MR) is 92.8 cm³/mol. The van der Waals surface area contributed by atoms with Gasteiger partial charge < -0.3 is 10.1 Å². The van der Waals surface area contributed by atoms with Crippen LogP contribution in [-0.4, -0.2) is 28.3 Å². The summed E-state index contributed by atoms with van der Waals surface area (Å²) < 4.78 is 6.87. The standard InChI is InChI=1S/C17H20ClN3O3/c1-10(24-14-7-5-13(18)6-8-14)9-19-16(22)15-11(2)12(3)20-21(4)17(15)23/h5-8,10H,9H2,1-4H3,(H,19,22)/t10-/m1/s1. The summed E-state index contributed by atoms with van der Waals surface area (Å²) in [6.07, 6.45) is -0.262. The fourth-order valence-electron chi connectivity index (χ4n) is 2.23. The van der Waals surface area contributed by atoms with E-state index in [1.165, 1.54) is 11.7 Å². The summed E-state index contributed by atoms with van der Waals surface area (Å²) in [5.41, 5.74) is 0.931. The number of rotatable bonds is 5. The zero-order chi connectivity index (χ0) is 17.9. The normalized spacial score (nSPS) is 11.9. The molecule has 0 spiro atoms. The number of nitrogens with one attached hydrogen (secondary N) is 1. The first kappa shape index (κ1) is 18.0. The average Bonchev–Trinajstić information content (AvgIpc) is 2.53. The van der Waals surface area contributed by atoms with Gasteiger partial charge in [0.25, 0.3) is 11.5 Å². The lowest BCUT2D eigenvalue weighted by Crippen LogP contribution is -2.39. The molecule has 0 unspecified atom stereocenters. The van der Waals surface area contributed by atoms with Crippen LogP contribution in [0.25, 0.3) is 0 Å². The summed E-state index contributed by atoms with van der Waals surface area (Å²) >= 11 is 5.82. The molecule has 1 aromatic carbocycles. The van der Waals surface area contributed by atoms with Crippen LogP contribution in [0.2, 0.25) is 5.02 Å². The maximum absolute atomic E-state index is 12.4. The van der Waals surface area contributed by atoms with Gasteiger partial charge in [-0.2, -0.15) is 5.10 Å². The summed E-state index contributed by atoms with van der Waals surface area (Å²) in [7, 11) is 1.53. The van der Waals surface area contributed by atoms with E-state index in [1.54, 1.807) is 38.1 Å². The zero-order valence-electron chi connectivity index (χ0n) is 14.1. The Balaban J connectivity index is 2.03. The third-order valence-electron chi connectivity index (χ3n) is 3.65. The molecule has 2 aromatic rings. The van der Waals surface area contributed by atoms with E-state index in [1.807, 2.05) is 6.92 Å². The molecular weight excluding hydrogens is 330 g/mol. The van der Waals surface area contributed by atoms with Crippen molar-refractivity contribution in [3.05, 3.63) is 56.5 Å². The lowest BCUT2D eigenvalue weighted by atomic mass is 10.1. The molecular formula is C17H20ClN3O3. The fraction of sp³-hybridized carbons (Fsp3) is 0.353. The minimum atomic E-state index is -0.426. The molecule has 1 N–H and O–H groups in total. The Morgan fingerprint density at radius 2 is 1.96 bits per heavy atom. The predicted octanol–water partition coefficient (Wildman–Crippen LogP) is 2.25. The molecule has 0 aliphatic rings. The molecule has 128 valence electrons. The van der Waals surface area contributed by atoms with Crippen molar-refractivity contribution in [1.29, 1.82) is 0 Å². The van der Waals surface area contributed by atoms with Crippen molar-refractivity contribution in [3.63, 3.8) is 0 Å². The summed E-state index contributed by atoms with van der Waals surface area (Å²) in [4.78, 5) is 24.5. The first-order valence-electron chi connectivity index (χ1n) is 7.54. The molecule has 1 aromatic heterocycles. The molecule has 0 radical (unpaired) electrons. The van der Waals surface area contributed by atoms with Gasteiger partial charge in [-0.3, -0.25) is 9.59 Å². The summed E-state index contributed by atoms with van der Waals surface area (Å²) in [5, 5.41) is 7.43. The van der Waals surface area contributed by atoms with E-state index < -0.39 is 11.5 Å². The number of carbonyl (C=O) groups excluding carboxylic acids is 1. The summed E-state index contributed by atoms with van der Waals surface area (Å²) in [5.74, 6) is 0.234. The van der Waals surface area contributed by atoms with Gasteiger partial charge in [-0.05, 0) is 50.6 Å². The second-order valence-corrected chi connectivity index (χ2v) is 6.04. The van der Waals surface area contributed by atoms with E-state index in [0.29, 0.717) is 22.0 Å². The highest BCUT2D eigenvalue weighted by Crippen LogP contribution is 2.16. The van der Waals surface area contributed by atoms with Gasteiger partial charge in [-0.15, -0.1) is 0 Å². The number of aryl methyl sites for hydroxylation is 2. The van der Waals surface area contributed by atoms with Crippen LogP contribution in [0.5, 0.6) is 5.75 Å². The zero-order valence-corrected chi connectivity index (χ0v) is 14.8. The highest BCUT2D eigenvalue weighted by atomic mass is 35.5. The molecule has 0 saturated carbocycles. The number of carbonyl (C=O) groups is 1. The van der Waals surface area contributed by atoms with Crippen LogP contribution in [0.15, 0.2) is 29.1 Å². The Morgan fingerprint density at radius 3 is 2.58 bits per heavy atom. The lowest BCUT2D eigenvalue weighted by molar-refractivity contribution is 0.0929. The molecule has 24 heavy (non-hydrogen) atoms. The molecule has 0 aliphatic carbocycles. The number of benzene rings is 1. The fourth-order valence-corrected chi connectivity index (χ4v) is 2.35. The van der Waals surface area contributed by atoms with E-state index in [-0.39, 0.29) is 18.2 Å². The molecule has 1 amide bonds. The smallest absolute Gasteiger partial charge is 0.279 e. The number of aromatic nitrogens is 2. The van der Waals surface area contributed by atoms with Gasteiger partial charge in [-0.1, -0.05) is 11.6 Å². The van der Waals surface area contributed by atoms with Gasteiger partial charge >= 0.3 is 0 Å². The maximum Gasteiger partial charge on any atom is 0.279 e. The van der Waals surface area contributed by atoms with Crippen molar-refractivity contribution in [1.82, 2.24) is 15.1 Å². The Hall–Kier alpha value is -2.34. The Bertz CT molecular complexity index is 800. The average molecular weight is 350 g/mol. The molecule has 1 heterocycles. The number of hydrogen-bond acceptors (Lipinski definition) is 4. The van der Waals surface area contributed by atoms with E-state index in [2.05, 4.69) is 10.4 Å². The second-order valence-electron chi connectivity index (χ2n) is 5.61. The molecule has 0 fully saturated rings. The van der Waals surface area contributed by atoms with Gasteiger partial charge in [0.2, 0.25) is 0 Å². The molecule has 6 nitrogen and oxygen atoms in total. The van der Waals surface area contributed by atoms with E-state index >= 15 is 0 Å². The molecule has 0 bridgehead atoms. The van der Waals surface area contributed by atoms with Crippen LogP contribution < -0.4 is 15.6 Å².